The standard InChI is InChI=1S/C29H17Cl4N3O6/c30-19-6-1-16(2-7-19)28(39)41-22-11-5-18(25(14-22)42-29(40)17-3-8-20(31)9-4-17)15-34-36-27(38)26(37)35-21-10-12-23(32)24(33)13-21/h1-15H,(H,35,37)(H,36,38). The quantitative estimate of drug-likeness (QED) is 0.0748. The van der Waals surface area contributed by atoms with Gasteiger partial charge in [-0.15, -0.1) is 0 Å². The van der Waals surface area contributed by atoms with Gasteiger partial charge in [0.05, 0.1) is 27.4 Å². The second-order valence-electron chi connectivity index (χ2n) is 8.27. The van der Waals surface area contributed by atoms with Crippen LogP contribution >= 0.6 is 46.4 Å². The van der Waals surface area contributed by atoms with Crippen molar-refractivity contribution in [2.45, 2.75) is 0 Å². The fourth-order valence-corrected chi connectivity index (χ4v) is 3.79. The fraction of sp³-hybridized carbons (Fsp3) is 0. The molecule has 2 N–H and O–H groups in total. The number of ether oxygens (including phenoxy) is 2. The molecule has 9 nitrogen and oxygen atoms in total. The number of hydrogen-bond acceptors (Lipinski definition) is 7. The van der Waals surface area contributed by atoms with E-state index in [2.05, 4.69) is 15.8 Å². The van der Waals surface area contributed by atoms with Crippen LogP contribution in [0.25, 0.3) is 0 Å². The SMILES string of the molecule is O=C(NN=Cc1ccc(OC(=O)c2ccc(Cl)cc2)cc1OC(=O)c1ccc(Cl)cc1)C(=O)Nc1ccc(Cl)c(Cl)c1. The maximum Gasteiger partial charge on any atom is 0.343 e. The van der Waals surface area contributed by atoms with Crippen molar-refractivity contribution in [3.05, 3.63) is 122 Å². The summed E-state index contributed by atoms with van der Waals surface area (Å²) in [6, 6.07) is 20.5. The molecule has 0 radical (unpaired) electrons. The number of rotatable bonds is 7. The summed E-state index contributed by atoms with van der Waals surface area (Å²) >= 11 is 23.5. The van der Waals surface area contributed by atoms with E-state index in [1.54, 1.807) is 0 Å². The largest absolute Gasteiger partial charge is 0.423 e. The smallest absolute Gasteiger partial charge is 0.343 e. The number of amides is 2. The molecule has 212 valence electrons. The van der Waals surface area contributed by atoms with Crippen molar-refractivity contribution in [2.24, 2.45) is 5.10 Å². The highest BCUT2D eigenvalue weighted by molar-refractivity contribution is 6.43. The molecule has 42 heavy (non-hydrogen) atoms. The predicted octanol–water partition coefficient (Wildman–Crippen LogP) is 6.83. The molecular weight excluding hydrogens is 628 g/mol. The van der Waals surface area contributed by atoms with Crippen LogP contribution in [0.2, 0.25) is 20.1 Å². The second kappa shape index (κ2) is 14.0. The number of nitrogens with one attached hydrogen (secondary N) is 2. The Balaban J connectivity index is 1.51. The lowest BCUT2D eigenvalue weighted by molar-refractivity contribution is -0.136. The first-order chi connectivity index (χ1) is 20.1. The zero-order valence-electron chi connectivity index (χ0n) is 21.1. The van der Waals surface area contributed by atoms with Gasteiger partial charge in [-0.3, -0.25) is 9.59 Å². The molecule has 2 amide bonds. The van der Waals surface area contributed by atoms with Gasteiger partial charge in [-0.25, -0.2) is 15.0 Å². The van der Waals surface area contributed by atoms with Gasteiger partial charge in [0.25, 0.3) is 0 Å². The van der Waals surface area contributed by atoms with Gasteiger partial charge in [0, 0.05) is 27.4 Å². The van der Waals surface area contributed by atoms with Crippen LogP contribution in [0.15, 0.2) is 90.0 Å². The number of benzene rings is 4. The van der Waals surface area contributed by atoms with Crippen LogP contribution in [-0.4, -0.2) is 30.0 Å². The molecule has 0 fully saturated rings. The normalized spacial score (nSPS) is 10.7. The lowest BCUT2D eigenvalue weighted by Crippen LogP contribution is -2.32. The van der Waals surface area contributed by atoms with Gasteiger partial charge in [-0.1, -0.05) is 46.4 Å². The van der Waals surface area contributed by atoms with E-state index in [9.17, 15) is 19.2 Å². The van der Waals surface area contributed by atoms with Gasteiger partial charge in [-0.05, 0) is 78.9 Å². The van der Waals surface area contributed by atoms with Crippen molar-refractivity contribution in [3.63, 3.8) is 0 Å². The minimum Gasteiger partial charge on any atom is -0.423 e. The summed E-state index contributed by atoms with van der Waals surface area (Å²) in [6.45, 7) is 0. The van der Waals surface area contributed by atoms with Gasteiger partial charge in [0.1, 0.15) is 11.5 Å². The molecule has 13 heteroatoms. The number of halogens is 4. The summed E-state index contributed by atoms with van der Waals surface area (Å²) in [5.41, 5.74) is 2.96. The summed E-state index contributed by atoms with van der Waals surface area (Å²) in [4.78, 5) is 49.8. The number of carbonyl (C=O) groups excluding carboxylic acids is 4. The average molecular weight is 645 g/mol. The summed E-state index contributed by atoms with van der Waals surface area (Å²) in [6.07, 6.45) is 1.14. The summed E-state index contributed by atoms with van der Waals surface area (Å²) in [5, 5.41) is 7.48. The Morgan fingerprint density at radius 1 is 0.643 bits per heavy atom. The average Bonchev–Trinajstić information content (AvgIpc) is 2.96. The van der Waals surface area contributed by atoms with E-state index in [0.29, 0.717) is 10.0 Å². The highest BCUT2D eigenvalue weighted by atomic mass is 35.5. The monoisotopic (exact) mass is 643 g/mol. The molecule has 0 unspecified atom stereocenters. The minimum atomic E-state index is -1.09. The molecule has 0 saturated carbocycles. The number of anilines is 1. The van der Waals surface area contributed by atoms with Crippen LogP contribution in [0.5, 0.6) is 11.5 Å². The first-order valence-corrected chi connectivity index (χ1v) is 13.3. The number of hydrogen-bond donors (Lipinski definition) is 2. The first kappa shape index (κ1) is 30.5. The Morgan fingerprint density at radius 2 is 1.24 bits per heavy atom. The topological polar surface area (TPSA) is 123 Å². The van der Waals surface area contributed by atoms with E-state index in [-0.39, 0.29) is 43.9 Å². The van der Waals surface area contributed by atoms with Gasteiger partial charge >= 0.3 is 23.8 Å². The molecular formula is C29H17Cl4N3O6. The third-order valence-corrected chi connectivity index (χ3v) is 6.55. The first-order valence-electron chi connectivity index (χ1n) is 11.8. The van der Waals surface area contributed by atoms with Crippen molar-refractivity contribution in [2.75, 3.05) is 5.32 Å². The van der Waals surface area contributed by atoms with Crippen molar-refractivity contribution >= 4 is 82.1 Å². The second-order valence-corrected chi connectivity index (χ2v) is 9.96. The van der Waals surface area contributed by atoms with E-state index in [1.807, 2.05) is 0 Å². The summed E-state index contributed by atoms with van der Waals surface area (Å²) in [5.74, 6) is -3.54. The number of carbonyl (C=O) groups is 4. The molecule has 4 aromatic carbocycles. The van der Waals surface area contributed by atoms with E-state index >= 15 is 0 Å². The number of esters is 2. The van der Waals surface area contributed by atoms with Crippen LogP contribution in [0.4, 0.5) is 5.69 Å². The number of nitrogens with zero attached hydrogens (tertiary/aromatic N) is 1. The lowest BCUT2D eigenvalue weighted by atomic mass is 10.2. The Bertz CT molecular complexity index is 1690. The van der Waals surface area contributed by atoms with Crippen LogP contribution in [-0.2, 0) is 9.59 Å². The third-order valence-electron chi connectivity index (χ3n) is 5.31. The Morgan fingerprint density at radius 3 is 1.83 bits per heavy atom. The van der Waals surface area contributed by atoms with Gasteiger partial charge in [-0.2, -0.15) is 5.10 Å². The molecule has 0 aliphatic heterocycles. The predicted molar refractivity (Wildman–Crippen MR) is 160 cm³/mol. The van der Waals surface area contributed by atoms with Crippen LogP contribution in [0.1, 0.15) is 26.3 Å². The Labute approximate surface area is 258 Å². The molecule has 0 saturated heterocycles. The molecule has 0 bridgehead atoms. The van der Waals surface area contributed by atoms with Crippen LogP contribution < -0.4 is 20.2 Å². The molecule has 0 spiro atoms. The number of hydrazone groups is 1. The zero-order valence-corrected chi connectivity index (χ0v) is 24.1. The van der Waals surface area contributed by atoms with Crippen molar-refractivity contribution in [1.82, 2.24) is 5.43 Å². The van der Waals surface area contributed by atoms with Gasteiger partial charge < -0.3 is 14.8 Å². The highest BCUT2D eigenvalue weighted by Crippen LogP contribution is 2.27. The van der Waals surface area contributed by atoms with E-state index in [0.717, 1.165) is 6.21 Å². The Hall–Kier alpha value is -4.41. The molecule has 4 rings (SSSR count). The minimum absolute atomic E-state index is 0.0519. The van der Waals surface area contributed by atoms with Gasteiger partial charge in [0.15, 0.2) is 0 Å². The summed E-state index contributed by atoms with van der Waals surface area (Å²) < 4.78 is 10.9. The lowest BCUT2D eigenvalue weighted by Gasteiger charge is -2.11. The van der Waals surface area contributed by atoms with Crippen molar-refractivity contribution in [1.29, 1.82) is 0 Å². The molecule has 0 aromatic heterocycles. The third kappa shape index (κ3) is 8.31. The van der Waals surface area contributed by atoms with Crippen molar-refractivity contribution < 1.29 is 28.7 Å². The van der Waals surface area contributed by atoms with Gasteiger partial charge in [0.2, 0.25) is 0 Å². The molecule has 0 heterocycles. The van der Waals surface area contributed by atoms with Crippen LogP contribution in [0.3, 0.4) is 0 Å². The maximum atomic E-state index is 12.8. The van der Waals surface area contributed by atoms with Crippen molar-refractivity contribution in [3.8, 4) is 11.5 Å². The molecule has 0 aliphatic carbocycles. The molecule has 0 aliphatic rings. The molecule has 4 aromatic rings. The van der Waals surface area contributed by atoms with E-state index in [4.69, 9.17) is 55.9 Å². The summed E-state index contributed by atoms with van der Waals surface area (Å²) in [7, 11) is 0. The zero-order chi connectivity index (χ0) is 30.2. The van der Waals surface area contributed by atoms with E-state index in [1.165, 1.54) is 84.9 Å². The van der Waals surface area contributed by atoms with E-state index < -0.39 is 23.8 Å². The molecule has 0 atom stereocenters. The Kier molecular flexibility index (Phi) is 10.2. The van der Waals surface area contributed by atoms with Crippen LogP contribution in [0, 0.1) is 0 Å². The maximum absolute atomic E-state index is 12.8. The highest BCUT2D eigenvalue weighted by Gasteiger charge is 2.16. The fourth-order valence-electron chi connectivity index (χ4n) is 3.24.